The van der Waals surface area contributed by atoms with Crippen molar-refractivity contribution in [3.63, 3.8) is 0 Å². The highest BCUT2D eigenvalue weighted by Crippen LogP contribution is 2.31. The molecule has 1 aromatic heterocycles. The molecule has 1 aliphatic rings. The maximum atomic E-state index is 4.64. The monoisotopic (exact) mass is 295 g/mol. The van der Waals surface area contributed by atoms with Crippen molar-refractivity contribution in [2.75, 3.05) is 24.5 Å². The van der Waals surface area contributed by atoms with Crippen LogP contribution < -0.4 is 10.2 Å². The van der Waals surface area contributed by atoms with E-state index in [-0.39, 0.29) is 0 Å². The molecule has 0 saturated carbocycles. The molecule has 2 rings (SSSR count). The second-order valence-electron chi connectivity index (χ2n) is 5.94. The summed E-state index contributed by atoms with van der Waals surface area (Å²) in [7, 11) is 0. The van der Waals surface area contributed by atoms with Crippen LogP contribution in [-0.2, 0) is 0 Å². The van der Waals surface area contributed by atoms with Crippen molar-refractivity contribution in [2.24, 2.45) is 5.92 Å². The lowest BCUT2D eigenvalue weighted by Crippen LogP contribution is -2.33. The van der Waals surface area contributed by atoms with Gasteiger partial charge in [-0.2, -0.15) is 0 Å². The van der Waals surface area contributed by atoms with Gasteiger partial charge in [0.1, 0.15) is 0 Å². The average Bonchev–Trinajstić information content (AvgIpc) is 2.96. The number of thiazole rings is 1. The van der Waals surface area contributed by atoms with Crippen LogP contribution in [0.15, 0.2) is 6.20 Å². The van der Waals surface area contributed by atoms with E-state index in [2.05, 4.69) is 42.2 Å². The van der Waals surface area contributed by atoms with Crippen molar-refractivity contribution in [2.45, 2.75) is 58.9 Å². The summed E-state index contributed by atoms with van der Waals surface area (Å²) < 4.78 is 0. The molecule has 0 aliphatic carbocycles. The number of nitrogens with one attached hydrogen (secondary N) is 1. The Labute approximate surface area is 127 Å². The summed E-state index contributed by atoms with van der Waals surface area (Å²) in [5.41, 5.74) is 0. The standard InChI is InChI=1S/C16H29N3S/c1-4-6-14-7-10-19(11-8-14)16-18-12-15(20-16)13(3)17-9-5-2/h12-14,17H,4-11H2,1-3H3. The number of piperidine rings is 1. The van der Waals surface area contributed by atoms with Gasteiger partial charge in [0.2, 0.25) is 0 Å². The Balaban J connectivity index is 1.86. The molecule has 0 spiro atoms. The first-order valence-electron chi connectivity index (χ1n) is 8.18. The molecule has 1 atom stereocenters. The fraction of sp³-hybridized carbons (Fsp3) is 0.812. The summed E-state index contributed by atoms with van der Waals surface area (Å²) in [6, 6.07) is 0.429. The largest absolute Gasteiger partial charge is 0.348 e. The molecule has 20 heavy (non-hydrogen) atoms. The quantitative estimate of drug-likeness (QED) is 0.816. The first-order chi connectivity index (χ1) is 9.74. The zero-order valence-electron chi connectivity index (χ0n) is 13.2. The van der Waals surface area contributed by atoms with Crippen molar-refractivity contribution in [3.05, 3.63) is 11.1 Å². The average molecular weight is 295 g/mol. The van der Waals surface area contributed by atoms with Crippen molar-refractivity contribution >= 4 is 16.5 Å². The fourth-order valence-electron chi connectivity index (χ4n) is 2.91. The van der Waals surface area contributed by atoms with Gasteiger partial charge in [0.05, 0.1) is 0 Å². The van der Waals surface area contributed by atoms with Gasteiger partial charge in [-0.1, -0.05) is 26.7 Å². The number of hydrogen-bond acceptors (Lipinski definition) is 4. The third-order valence-electron chi connectivity index (χ3n) is 4.22. The van der Waals surface area contributed by atoms with Crippen LogP contribution in [0.4, 0.5) is 5.13 Å². The van der Waals surface area contributed by atoms with E-state index < -0.39 is 0 Å². The Bertz CT molecular complexity index is 383. The summed E-state index contributed by atoms with van der Waals surface area (Å²) in [6.45, 7) is 10.2. The first kappa shape index (κ1) is 15.8. The van der Waals surface area contributed by atoms with Crippen molar-refractivity contribution in [1.82, 2.24) is 10.3 Å². The van der Waals surface area contributed by atoms with E-state index in [1.165, 1.54) is 55.2 Å². The molecule has 1 fully saturated rings. The molecular formula is C16H29N3S. The van der Waals surface area contributed by atoms with Crippen LogP contribution in [0.1, 0.15) is 63.8 Å². The van der Waals surface area contributed by atoms with Gasteiger partial charge in [-0.3, -0.25) is 0 Å². The fourth-order valence-corrected chi connectivity index (χ4v) is 3.90. The minimum atomic E-state index is 0.429. The molecule has 4 heteroatoms. The highest BCUT2D eigenvalue weighted by Gasteiger charge is 2.21. The Kier molecular flexibility index (Phi) is 6.30. The summed E-state index contributed by atoms with van der Waals surface area (Å²) in [6.07, 6.45) is 8.65. The normalized spacial score (nSPS) is 18.4. The maximum absolute atomic E-state index is 4.64. The van der Waals surface area contributed by atoms with Crippen LogP contribution in [0.25, 0.3) is 0 Å². The number of anilines is 1. The highest BCUT2D eigenvalue weighted by molar-refractivity contribution is 7.15. The summed E-state index contributed by atoms with van der Waals surface area (Å²) in [5.74, 6) is 0.945. The second kappa shape index (κ2) is 7.99. The van der Waals surface area contributed by atoms with Crippen molar-refractivity contribution in [1.29, 1.82) is 0 Å². The van der Waals surface area contributed by atoms with Crippen molar-refractivity contribution < 1.29 is 0 Å². The smallest absolute Gasteiger partial charge is 0.185 e. The van der Waals surface area contributed by atoms with Gasteiger partial charge in [-0.25, -0.2) is 4.98 Å². The second-order valence-corrected chi connectivity index (χ2v) is 6.98. The highest BCUT2D eigenvalue weighted by atomic mass is 32.1. The van der Waals surface area contributed by atoms with Crippen LogP contribution in [0.5, 0.6) is 0 Å². The Morgan fingerprint density at radius 2 is 2.10 bits per heavy atom. The van der Waals surface area contributed by atoms with Crippen molar-refractivity contribution in [3.8, 4) is 0 Å². The predicted molar refractivity (Wildman–Crippen MR) is 88.7 cm³/mol. The number of rotatable bonds is 7. The van der Waals surface area contributed by atoms with Gasteiger partial charge >= 0.3 is 0 Å². The molecule has 3 nitrogen and oxygen atoms in total. The molecule has 114 valence electrons. The Morgan fingerprint density at radius 1 is 1.35 bits per heavy atom. The van der Waals surface area contributed by atoms with Gasteiger partial charge < -0.3 is 10.2 Å². The lowest BCUT2D eigenvalue weighted by molar-refractivity contribution is 0.378. The molecule has 1 aliphatic heterocycles. The molecular weight excluding hydrogens is 266 g/mol. The molecule has 1 unspecified atom stereocenters. The van der Waals surface area contributed by atoms with Crippen LogP contribution in [0.2, 0.25) is 0 Å². The third kappa shape index (κ3) is 4.19. The summed E-state index contributed by atoms with van der Waals surface area (Å²) in [5, 5.41) is 4.76. The minimum Gasteiger partial charge on any atom is -0.348 e. The zero-order valence-corrected chi connectivity index (χ0v) is 14.0. The molecule has 1 aromatic rings. The molecule has 0 bridgehead atoms. The van der Waals surface area contributed by atoms with Gasteiger partial charge in [0.15, 0.2) is 5.13 Å². The predicted octanol–water partition coefficient (Wildman–Crippen LogP) is 4.22. The van der Waals surface area contributed by atoms with Crippen LogP contribution in [0, 0.1) is 5.92 Å². The van der Waals surface area contributed by atoms with E-state index in [9.17, 15) is 0 Å². The van der Waals surface area contributed by atoms with Crippen LogP contribution in [0.3, 0.4) is 0 Å². The third-order valence-corrected chi connectivity index (χ3v) is 5.46. The summed E-state index contributed by atoms with van der Waals surface area (Å²) >= 11 is 1.86. The minimum absolute atomic E-state index is 0.429. The van der Waals surface area contributed by atoms with E-state index in [1.54, 1.807) is 0 Å². The molecule has 2 heterocycles. The Morgan fingerprint density at radius 3 is 2.75 bits per heavy atom. The SMILES string of the molecule is CCCNC(C)c1cnc(N2CCC(CCC)CC2)s1. The lowest BCUT2D eigenvalue weighted by Gasteiger charge is -2.31. The van der Waals surface area contributed by atoms with Crippen LogP contribution >= 0.6 is 11.3 Å². The van der Waals surface area contributed by atoms with E-state index in [0.717, 1.165) is 12.5 Å². The van der Waals surface area contributed by atoms with Gasteiger partial charge in [-0.05, 0) is 38.6 Å². The van der Waals surface area contributed by atoms with Crippen LogP contribution in [-0.4, -0.2) is 24.6 Å². The number of nitrogens with zero attached hydrogens (tertiary/aromatic N) is 2. The Hall–Kier alpha value is -0.610. The maximum Gasteiger partial charge on any atom is 0.185 e. The molecule has 0 aromatic carbocycles. The first-order valence-corrected chi connectivity index (χ1v) is 9.00. The molecule has 1 N–H and O–H groups in total. The van der Waals surface area contributed by atoms with E-state index in [4.69, 9.17) is 0 Å². The molecule has 1 saturated heterocycles. The molecule has 0 amide bonds. The van der Waals surface area contributed by atoms with E-state index >= 15 is 0 Å². The van der Waals surface area contributed by atoms with E-state index in [0.29, 0.717) is 6.04 Å². The summed E-state index contributed by atoms with van der Waals surface area (Å²) in [4.78, 5) is 8.49. The number of hydrogen-bond donors (Lipinski definition) is 1. The number of aromatic nitrogens is 1. The zero-order chi connectivity index (χ0) is 14.4. The molecule has 0 radical (unpaired) electrons. The van der Waals surface area contributed by atoms with E-state index in [1.807, 2.05) is 11.3 Å². The van der Waals surface area contributed by atoms with Gasteiger partial charge in [0, 0.05) is 30.2 Å². The topological polar surface area (TPSA) is 28.2 Å². The lowest BCUT2D eigenvalue weighted by atomic mass is 9.93. The van der Waals surface area contributed by atoms with Gasteiger partial charge in [-0.15, -0.1) is 11.3 Å². The van der Waals surface area contributed by atoms with Gasteiger partial charge in [0.25, 0.3) is 0 Å².